The predicted molar refractivity (Wildman–Crippen MR) is 113 cm³/mol. The number of nitrogens with zero attached hydrogens (tertiary/aromatic N) is 5. The van der Waals surface area contributed by atoms with E-state index in [0.29, 0.717) is 37.6 Å². The van der Waals surface area contributed by atoms with E-state index in [9.17, 15) is 9.59 Å². The summed E-state index contributed by atoms with van der Waals surface area (Å²) in [6, 6.07) is 11.5. The van der Waals surface area contributed by atoms with Gasteiger partial charge in [-0.05, 0) is 43.1 Å². The number of anilines is 1. The normalized spacial score (nSPS) is 15.3. The van der Waals surface area contributed by atoms with Gasteiger partial charge >= 0.3 is 0 Å². The summed E-state index contributed by atoms with van der Waals surface area (Å²) in [6.45, 7) is 7.86. The molecule has 0 spiro atoms. The minimum atomic E-state index is -0.254. The summed E-state index contributed by atoms with van der Waals surface area (Å²) in [5.41, 5.74) is 2.43. The Labute approximate surface area is 174 Å². The standard InChI is InChI=1S/C22H25N5O3/c1-15-9-10-27(17(3)18-7-5-4-6-8-18)22(29)19(15)21(28)26-13-11-25(12-14-26)20-16(2)23-30-24-20/h4-10,17H,11-14H2,1-3H3. The van der Waals surface area contributed by atoms with Crippen LogP contribution in [0.2, 0.25) is 0 Å². The number of piperazine rings is 1. The van der Waals surface area contributed by atoms with E-state index in [1.165, 1.54) is 0 Å². The van der Waals surface area contributed by atoms with Crippen LogP contribution in [-0.4, -0.2) is 51.9 Å². The summed E-state index contributed by atoms with van der Waals surface area (Å²) in [4.78, 5) is 30.3. The first-order valence-electron chi connectivity index (χ1n) is 10.1. The first-order chi connectivity index (χ1) is 14.5. The van der Waals surface area contributed by atoms with Gasteiger partial charge < -0.3 is 14.4 Å². The van der Waals surface area contributed by atoms with Crippen molar-refractivity contribution < 1.29 is 9.42 Å². The number of carbonyl (C=O) groups is 1. The maximum absolute atomic E-state index is 13.3. The van der Waals surface area contributed by atoms with Crippen molar-refractivity contribution in [1.82, 2.24) is 19.8 Å². The van der Waals surface area contributed by atoms with Crippen LogP contribution in [0.25, 0.3) is 0 Å². The monoisotopic (exact) mass is 407 g/mol. The fraction of sp³-hybridized carbons (Fsp3) is 0.364. The number of hydrogen-bond acceptors (Lipinski definition) is 6. The number of hydrogen-bond donors (Lipinski definition) is 0. The Morgan fingerprint density at radius 3 is 2.37 bits per heavy atom. The molecule has 2 aromatic heterocycles. The van der Waals surface area contributed by atoms with Crippen molar-refractivity contribution in [3.05, 3.63) is 75.3 Å². The molecule has 156 valence electrons. The zero-order valence-corrected chi connectivity index (χ0v) is 17.4. The number of amides is 1. The van der Waals surface area contributed by atoms with Gasteiger partial charge in [0.15, 0.2) is 5.82 Å². The van der Waals surface area contributed by atoms with Crippen molar-refractivity contribution in [2.75, 3.05) is 31.1 Å². The third kappa shape index (κ3) is 3.60. The zero-order valence-electron chi connectivity index (χ0n) is 17.4. The summed E-state index contributed by atoms with van der Waals surface area (Å²) >= 11 is 0. The lowest BCUT2D eigenvalue weighted by Crippen LogP contribution is -2.50. The smallest absolute Gasteiger partial charge is 0.264 e. The molecule has 4 rings (SSSR count). The predicted octanol–water partition coefficient (Wildman–Crippen LogP) is 2.42. The molecule has 1 atom stereocenters. The third-order valence-corrected chi connectivity index (χ3v) is 5.74. The van der Waals surface area contributed by atoms with Gasteiger partial charge in [-0.1, -0.05) is 35.5 Å². The number of pyridine rings is 1. The van der Waals surface area contributed by atoms with Crippen molar-refractivity contribution in [2.45, 2.75) is 26.8 Å². The summed E-state index contributed by atoms with van der Waals surface area (Å²) < 4.78 is 6.41. The van der Waals surface area contributed by atoms with E-state index < -0.39 is 0 Å². The molecule has 3 aromatic rings. The molecule has 1 unspecified atom stereocenters. The van der Waals surface area contributed by atoms with Crippen LogP contribution in [0.5, 0.6) is 0 Å². The van der Waals surface area contributed by atoms with E-state index in [-0.39, 0.29) is 23.1 Å². The molecule has 1 aliphatic heterocycles. The fourth-order valence-corrected chi connectivity index (χ4v) is 3.89. The van der Waals surface area contributed by atoms with Crippen LogP contribution in [0, 0.1) is 13.8 Å². The van der Waals surface area contributed by atoms with E-state index in [0.717, 1.165) is 11.3 Å². The third-order valence-electron chi connectivity index (χ3n) is 5.74. The molecule has 0 radical (unpaired) electrons. The van der Waals surface area contributed by atoms with Crippen LogP contribution >= 0.6 is 0 Å². The second kappa shape index (κ2) is 8.14. The van der Waals surface area contributed by atoms with Crippen LogP contribution < -0.4 is 10.5 Å². The molecule has 30 heavy (non-hydrogen) atoms. The van der Waals surface area contributed by atoms with Crippen molar-refractivity contribution in [2.24, 2.45) is 0 Å². The van der Waals surface area contributed by atoms with Crippen molar-refractivity contribution >= 4 is 11.7 Å². The number of benzene rings is 1. The number of aryl methyl sites for hydroxylation is 2. The SMILES string of the molecule is Cc1ccn(C(C)c2ccccc2)c(=O)c1C(=O)N1CCN(c2nonc2C)CC1. The minimum absolute atomic E-state index is 0.162. The number of aromatic nitrogens is 3. The molecule has 8 nitrogen and oxygen atoms in total. The van der Waals surface area contributed by atoms with Crippen molar-refractivity contribution in [3.8, 4) is 0 Å². The van der Waals surface area contributed by atoms with E-state index in [1.807, 2.05) is 62.1 Å². The van der Waals surface area contributed by atoms with E-state index in [2.05, 4.69) is 10.3 Å². The molecule has 3 heterocycles. The van der Waals surface area contributed by atoms with Crippen LogP contribution in [0.15, 0.2) is 52.0 Å². The highest BCUT2D eigenvalue weighted by Gasteiger charge is 2.28. The topological polar surface area (TPSA) is 84.5 Å². The van der Waals surface area contributed by atoms with Gasteiger partial charge in [0.25, 0.3) is 11.5 Å². The molecular weight excluding hydrogens is 382 g/mol. The van der Waals surface area contributed by atoms with Gasteiger partial charge in [0.1, 0.15) is 11.3 Å². The summed E-state index contributed by atoms with van der Waals surface area (Å²) in [7, 11) is 0. The molecule has 0 saturated carbocycles. The Kier molecular flexibility index (Phi) is 5.39. The molecule has 0 N–H and O–H groups in total. The summed E-state index contributed by atoms with van der Waals surface area (Å²) in [6.07, 6.45) is 1.77. The Morgan fingerprint density at radius 1 is 1.03 bits per heavy atom. The van der Waals surface area contributed by atoms with Gasteiger partial charge in [-0.3, -0.25) is 9.59 Å². The average molecular weight is 407 g/mol. The molecular formula is C22H25N5O3. The lowest BCUT2D eigenvalue weighted by atomic mass is 10.1. The van der Waals surface area contributed by atoms with Crippen molar-refractivity contribution in [1.29, 1.82) is 0 Å². The van der Waals surface area contributed by atoms with Crippen LogP contribution in [0.4, 0.5) is 5.82 Å². The van der Waals surface area contributed by atoms with Gasteiger partial charge in [-0.2, -0.15) is 0 Å². The average Bonchev–Trinajstić information content (AvgIpc) is 3.20. The molecule has 1 amide bonds. The van der Waals surface area contributed by atoms with Gasteiger partial charge in [0.05, 0.1) is 6.04 Å². The van der Waals surface area contributed by atoms with Crippen LogP contribution in [0.3, 0.4) is 0 Å². The maximum Gasteiger partial charge on any atom is 0.264 e. The fourth-order valence-electron chi connectivity index (χ4n) is 3.89. The Bertz CT molecular complexity index is 1100. The lowest BCUT2D eigenvalue weighted by Gasteiger charge is -2.34. The highest BCUT2D eigenvalue weighted by molar-refractivity contribution is 5.95. The van der Waals surface area contributed by atoms with Gasteiger partial charge in [-0.15, -0.1) is 0 Å². The Morgan fingerprint density at radius 2 is 1.73 bits per heavy atom. The largest absolute Gasteiger partial charge is 0.349 e. The van der Waals surface area contributed by atoms with E-state index in [1.54, 1.807) is 15.7 Å². The van der Waals surface area contributed by atoms with Crippen LogP contribution in [0.1, 0.15) is 40.1 Å². The highest BCUT2D eigenvalue weighted by Crippen LogP contribution is 2.19. The lowest BCUT2D eigenvalue weighted by molar-refractivity contribution is 0.0743. The van der Waals surface area contributed by atoms with Gasteiger partial charge in [-0.25, -0.2) is 4.63 Å². The first-order valence-corrected chi connectivity index (χ1v) is 10.1. The molecule has 1 fully saturated rings. The van der Waals surface area contributed by atoms with Gasteiger partial charge in [0.2, 0.25) is 0 Å². The number of carbonyl (C=O) groups excluding carboxylic acids is 1. The van der Waals surface area contributed by atoms with Crippen LogP contribution in [-0.2, 0) is 0 Å². The van der Waals surface area contributed by atoms with Crippen molar-refractivity contribution in [3.63, 3.8) is 0 Å². The zero-order chi connectivity index (χ0) is 21.3. The molecule has 0 aliphatic carbocycles. The second-order valence-corrected chi connectivity index (χ2v) is 7.63. The summed E-state index contributed by atoms with van der Waals surface area (Å²) in [5, 5.41) is 7.75. The quantitative estimate of drug-likeness (QED) is 0.660. The highest BCUT2D eigenvalue weighted by atomic mass is 16.6. The Hall–Kier alpha value is -3.42. The first kappa shape index (κ1) is 19.9. The van der Waals surface area contributed by atoms with E-state index in [4.69, 9.17) is 4.63 Å². The molecule has 8 heteroatoms. The minimum Gasteiger partial charge on any atom is -0.349 e. The molecule has 0 bridgehead atoms. The summed E-state index contributed by atoms with van der Waals surface area (Å²) in [5.74, 6) is 0.485. The Balaban J connectivity index is 1.56. The number of rotatable bonds is 4. The molecule has 1 aromatic carbocycles. The second-order valence-electron chi connectivity index (χ2n) is 7.63. The molecule has 1 aliphatic rings. The maximum atomic E-state index is 13.3. The molecule has 1 saturated heterocycles. The van der Waals surface area contributed by atoms with Gasteiger partial charge in [0, 0.05) is 32.4 Å². The van der Waals surface area contributed by atoms with E-state index >= 15 is 0 Å².